The fourth-order valence-corrected chi connectivity index (χ4v) is 4.12. The van der Waals surface area contributed by atoms with Crippen molar-refractivity contribution in [3.05, 3.63) is 71.3 Å². The third-order valence-electron chi connectivity index (χ3n) is 5.77. The standard InChI is InChI=1S/C23H25N3O3/c27-21(25-15-13-24(14-16-25)17-18-7-2-1-3-8-18)11-6-12-26-22(28)19-9-4-5-10-20(19)23(26)29/h1-5,7-10H,6,11-17H2/p+1. The molecule has 0 bridgehead atoms. The van der Waals surface area contributed by atoms with Crippen LogP contribution in [-0.4, -0.2) is 60.2 Å². The summed E-state index contributed by atoms with van der Waals surface area (Å²) in [5, 5.41) is 0. The molecule has 2 aliphatic rings. The summed E-state index contributed by atoms with van der Waals surface area (Å²) in [7, 11) is 0. The van der Waals surface area contributed by atoms with E-state index in [9.17, 15) is 14.4 Å². The van der Waals surface area contributed by atoms with Crippen molar-refractivity contribution in [3.63, 3.8) is 0 Å². The van der Waals surface area contributed by atoms with E-state index in [1.807, 2.05) is 11.0 Å². The van der Waals surface area contributed by atoms with Crippen LogP contribution in [0.3, 0.4) is 0 Å². The van der Waals surface area contributed by atoms with E-state index in [1.54, 1.807) is 24.3 Å². The highest BCUT2D eigenvalue weighted by atomic mass is 16.2. The molecule has 0 radical (unpaired) electrons. The van der Waals surface area contributed by atoms with Crippen molar-refractivity contribution in [1.29, 1.82) is 0 Å². The second kappa shape index (κ2) is 8.57. The molecule has 1 fully saturated rings. The van der Waals surface area contributed by atoms with Crippen LogP contribution in [0.4, 0.5) is 0 Å². The van der Waals surface area contributed by atoms with E-state index in [1.165, 1.54) is 15.4 Å². The van der Waals surface area contributed by atoms with E-state index >= 15 is 0 Å². The Morgan fingerprint density at radius 2 is 1.45 bits per heavy atom. The number of fused-ring (bicyclic) bond motifs is 1. The number of nitrogens with one attached hydrogen (secondary N) is 1. The van der Waals surface area contributed by atoms with Gasteiger partial charge in [0.05, 0.1) is 37.3 Å². The normalized spacial score (nSPS) is 17.0. The van der Waals surface area contributed by atoms with Gasteiger partial charge in [-0.05, 0) is 18.6 Å². The van der Waals surface area contributed by atoms with Gasteiger partial charge < -0.3 is 9.80 Å². The van der Waals surface area contributed by atoms with Crippen molar-refractivity contribution >= 4 is 17.7 Å². The predicted molar refractivity (Wildman–Crippen MR) is 108 cm³/mol. The fourth-order valence-electron chi connectivity index (χ4n) is 4.12. The molecular weight excluding hydrogens is 366 g/mol. The molecule has 2 aromatic rings. The van der Waals surface area contributed by atoms with E-state index < -0.39 is 0 Å². The van der Waals surface area contributed by atoms with Crippen molar-refractivity contribution in [2.24, 2.45) is 0 Å². The number of amides is 3. The SMILES string of the molecule is O=C(CCCN1C(=O)c2ccccc2C1=O)N1CC[NH+](Cc2ccccc2)CC1. The molecule has 1 N–H and O–H groups in total. The number of hydrogen-bond acceptors (Lipinski definition) is 3. The Bertz CT molecular complexity index is 870. The van der Waals surface area contributed by atoms with Crippen LogP contribution < -0.4 is 4.90 Å². The molecule has 0 aromatic heterocycles. The molecule has 2 aliphatic heterocycles. The summed E-state index contributed by atoms with van der Waals surface area (Å²) in [6.45, 7) is 4.68. The van der Waals surface area contributed by atoms with Gasteiger partial charge in [-0.25, -0.2) is 0 Å². The molecule has 0 aliphatic carbocycles. The van der Waals surface area contributed by atoms with Gasteiger partial charge in [0.1, 0.15) is 6.54 Å². The lowest BCUT2D eigenvalue weighted by atomic mass is 10.1. The van der Waals surface area contributed by atoms with Crippen molar-refractivity contribution in [2.75, 3.05) is 32.7 Å². The Kier molecular flexibility index (Phi) is 5.71. The van der Waals surface area contributed by atoms with Crippen LogP contribution in [0.2, 0.25) is 0 Å². The third kappa shape index (κ3) is 4.22. The first-order valence-corrected chi connectivity index (χ1v) is 10.2. The van der Waals surface area contributed by atoms with E-state index in [-0.39, 0.29) is 24.3 Å². The Balaban J connectivity index is 1.21. The molecule has 0 atom stereocenters. The highest BCUT2D eigenvalue weighted by Crippen LogP contribution is 2.22. The van der Waals surface area contributed by atoms with Crippen LogP contribution in [0.1, 0.15) is 39.1 Å². The summed E-state index contributed by atoms with van der Waals surface area (Å²) in [5.41, 5.74) is 2.24. The van der Waals surface area contributed by atoms with Crippen LogP contribution in [0.5, 0.6) is 0 Å². The quantitative estimate of drug-likeness (QED) is 0.746. The number of carbonyl (C=O) groups is 3. The van der Waals surface area contributed by atoms with Crippen LogP contribution in [0, 0.1) is 0 Å². The first-order valence-electron chi connectivity index (χ1n) is 10.2. The zero-order valence-corrected chi connectivity index (χ0v) is 16.5. The average molecular weight is 392 g/mol. The lowest BCUT2D eigenvalue weighted by Gasteiger charge is -2.32. The van der Waals surface area contributed by atoms with Crippen molar-refractivity contribution in [2.45, 2.75) is 19.4 Å². The van der Waals surface area contributed by atoms with Crippen molar-refractivity contribution < 1.29 is 19.3 Å². The number of quaternary nitrogens is 1. The van der Waals surface area contributed by atoms with E-state index in [2.05, 4.69) is 24.3 Å². The molecule has 6 heteroatoms. The first kappa shape index (κ1) is 19.3. The van der Waals surface area contributed by atoms with Gasteiger partial charge in [0, 0.05) is 18.5 Å². The molecule has 29 heavy (non-hydrogen) atoms. The van der Waals surface area contributed by atoms with Crippen LogP contribution in [0.15, 0.2) is 54.6 Å². The average Bonchev–Trinajstić information content (AvgIpc) is 3.00. The largest absolute Gasteiger partial charge is 0.331 e. The molecule has 1 saturated heterocycles. The molecule has 6 nitrogen and oxygen atoms in total. The van der Waals surface area contributed by atoms with E-state index in [4.69, 9.17) is 0 Å². The zero-order chi connectivity index (χ0) is 20.2. The third-order valence-corrected chi connectivity index (χ3v) is 5.77. The number of hydrogen-bond donors (Lipinski definition) is 1. The molecule has 150 valence electrons. The lowest BCUT2D eigenvalue weighted by molar-refractivity contribution is -0.917. The zero-order valence-electron chi connectivity index (χ0n) is 16.5. The maximum Gasteiger partial charge on any atom is 0.261 e. The number of piperazine rings is 1. The Hall–Kier alpha value is -2.99. The number of benzene rings is 2. The minimum atomic E-state index is -0.254. The van der Waals surface area contributed by atoms with Gasteiger partial charge in [-0.3, -0.25) is 19.3 Å². The molecule has 0 saturated carbocycles. The van der Waals surface area contributed by atoms with E-state index in [0.717, 1.165) is 32.7 Å². The molecular formula is C23H26N3O3+. The number of imide groups is 1. The molecule has 0 spiro atoms. The minimum Gasteiger partial charge on any atom is -0.331 e. The molecule has 4 rings (SSSR count). The maximum atomic E-state index is 12.5. The van der Waals surface area contributed by atoms with Crippen molar-refractivity contribution in [3.8, 4) is 0 Å². The monoisotopic (exact) mass is 392 g/mol. The summed E-state index contributed by atoms with van der Waals surface area (Å²) in [4.78, 5) is 42.0. The summed E-state index contributed by atoms with van der Waals surface area (Å²) >= 11 is 0. The minimum absolute atomic E-state index is 0.111. The number of carbonyl (C=O) groups excluding carboxylic acids is 3. The Morgan fingerprint density at radius 3 is 2.07 bits per heavy atom. The molecule has 2 heterocycles. The van der Waals surface area contributed by atoms with Gasteiger partial charge in [-0.1, -0.05) is 42.5 Å². The predicted octanol–water partition coefficient (Wildman–Crippen LogP) is 0.990. The van der Waals surface area contributed by atoms with Crippen LogP contribution >= 0.6 is 0 Å². The number of nitrogens with zero attached hydrogens (tertiary/aromatic N) is 2. The van der Waals surface area contributed by atoms with Gasteiger partial charge in [0.15, 0.2) is 0 Å². The fraction of sp³-hybridized carbons (Fsp3) is 0.348. The van der Waals surface area contributed by atoms with Crippen molar-refractivity contribution in [1.82, 2.24) is 9.80 Å². The first-order chi connectivity index (χ1) is 14.1. The summed E-state index contributed by atoms with van der Waals surface area (Å²) < 4.78 is 0. The summed E-state index contributed by atoms with van der Waals surface area (Å²) in [5.74, 6) is -0.396. The molecule has 0 unspecified atom stereocenters. The van der Waals surface area contributed by atoms with Gasteiger partial charge in [0.2, 0.25) is 5.91 Å². The second-order valence-corrected chi connectivity index (χ2v) is 7.70. The van der Waals surface area contributed by atoms with Crippen LogP contribution in [-0.2, 0) is 11.3 Å². The highest BCUT2D eigenvalue weighted by Gasteiger charge is 2.34. The molecule has 2 aromatic carbocycles. The van der Waals surface area contributed by atoms with Gasteiger partial charge in [-0.15, -0.1) is 0 Å². The Labute approximate surface area is 170 Å². The highest BCUT2D eigenvalue weighted by molar-refractivity contribution is 6.21. The topological polar surface area (TPSA) is 62.1 Å². The smallest absolute Gasteiger partial charge is 0.261 e. The summed E-state index contributed by atoms with van der Waals surface area (Å²) in [6, 6.07) is 17.3. The number of rotatable bonds is 6. The van der Waals surface area contributed by atoms with Crippen LogP contribution in [0.25, 0.3) is 0 Å². The summed E-state index contributed by atoms with van der Waals surface area (Å²) in [6.07, 6.45) is 0.864. The van der Waals surface area contributed by atoms with Gasteiger partial charge >= 0.3 is 0 Å². The maximum absolute atomic E-state index is 12.5. The van der Waals surface area contributed by atoms with E-state index in [0.29, 0.717) is 24.0 Å². The lowest BCUT2D eigenvalue weighted by Crippen LogP contribution is -3.13. The van der Waals surface area contributed by atoms with Gasteiger partial charge in [0.25, 0.3) is 11.8 Å². The van der Waals surface area contributed by atoms with Gasteiger partial charge in [-0.2, -0.15) is 0 Å². The Morgan fingerprint density at radius 1 is 0.862 bits per heavy atom. The second-order valence-electron chi connectivity index (χ2n) is 7.70. The molecule has 3 amide bonds.